The number of methoxy groups -OCH3 is 1. The molecule has 2 bridgehead atoms. The van der Waals surface area contributed by atoms with E-state index in [1.54, 1.807) is 7.11 Å². The molecule has 1 N–H and O–H groups in total. The van der Waals surface area contributed by atoms with Crippen LogP contribution in [0.4, 0.5) is 0 Å². The van der Waals surface area contributed by atoms with Crippen molar-refractivity contribution >= 4 is 0 Å². The minimum atomic E-state index is 0.462. The second-order valence-corrected chi connectivity index (χ2v) is 7.39. The van der Waals surface area contributed by atoms with Gasteiger partial charge in [0.15, 0.2) is 0 Å². The Hall–Kier alpha value is -1.02. The van der Waals surface area contributed by atoms with Gasteiger partial charge in [0.2, 0.25) is 0 Å². The molecule has 0 spiro atoms. The van der Waals surface area contributed by atoms with Gasteiger partial charge in [0, 0.05) is 12.6 Å². The van der Waals surface area contributed by atoms with Gasteiger partial charge >= 0.3 is 0 Å². The van der Waals surface area contributed by atoms with E-state index >= 15 is 0 Å². The Kier molecular flexibility index (Phi) is 3.32. The second-order valence-electron chi connectivity index (χ2n) is 7.39. The third kappa shape index (κ3) is 1.96. The van der Waals surface area contributed by atoms with Crippen LogP contribution in [0.1, 0.15) is 45.6 Å². The molecular weight excluding hydrogens is 246 g/mol. The van der Waals surface area contributed by atoms with E-state index in [0.29, 0.717) is 16.9 Å². The minimum Gasteiger partial charge on any atom is -0.497 e. The fraction of sp³-hybridized carbons (Fsp3) is 0.667. The summed E-state index contributed by atoms with van der Waals surface area (Å²) < 4.78 is 5.21. The summed E-state index contributed by atoms with van der Waals surface area (Å²) in [4.78, 5) is 0. The van der Waals surface area contributed by atoms with Gasteiger partial charge in [-0.05, 0) is 53.7 Å². The minimum absolute atomic E-state index is 0.462. The molecule has 0 unspecified atom stereocenters. The zero-order valence-corrected chi connectivity index (χ0v) is 13.2. The number of benzene rings is 1. The maximum absolute atomic E-state index is 5.21. The predicted molar refractivity (Wildman–Crippen MR) is 82.9 cm³/mol. The first-order chi connectivity index (χ1) is 9.47. The molecule has 0 amide bonds. The van der Waals surface area contributed by atoms with E-state index in [9.17, 15) is 0 Å². The highest BCUT2D eigenvalue weighted by Gasteiger charge is 2.60. The summed E-state index contributed by atoms with van der Waals surface area (Å²) in [5.74, 6) is 1.84. The van der Waals surface area contributed by atoms with E-state index in [4.69, 9.17) is 4.74 Å². The van der Waals surface area contributed by atoms with Gasteiger partial charge in [0.25, 0.3) is 0 Å². The lowest BCUT2D eigenvalue weighted by Gasteiger charge is -2.39. The van der Waals surface area contributed by atoms with E-state index < -0.39 is 0 Å². The fourth-order valence-electron chi connectivity index (χ4n) is 4.50. The third-order valence-corrected chi connectivity index (χ3v) is 6.51. The summed E-state index contributed by atoms with van der Waals surface area (Å²) in [7, 11) is 1.71. The van der Waals surface area contributed by atoms with Gasteiger partial charge in [-0.1, -0.05) is 32.9 Å². The summed E-state index contributed by atoms with van der Waals surface area (Å²) in [6, 6.07) is 9.07. The third-order valence-electron chi connectivity index (χ3n) is 6.51. The van der Waals surface area contributed by atoms with Gasteiger partial charge in [0.1, 0.15) is 5.75 Å². The van der Waals surface area contributed by atoms with Crippen LogP contribution in [0.15, 0.2) is 24.3 Å². The quantitative estimate of drug-likeness (QED) is 0.895. The Balaban J connectivity index is 1.65. The summed E-state index contributed by atoms with van der Waals surface area (Å²) in [6.07, 6.45) is 4.15. The monoisotopic (exact) mass is 273 g/mol. The highest BCUT2D eigenvalue weighted by Crippen LogP contribution is 2.65. The largest absolute Gasteiger partial charge is 0.497 e. The molecule has 110 valence electrons. The van der Waals surface area contributed by atoms with E-state index in [1.807, 2.05) is 12.1 Å². The Morgan fingerprint density at radius 1 is 1.20 bits per heavy atom. The molecule has 0 radical (unpaired) electrons. The van der Waals surface area contributed by atoms with E-state index in [-0.39, 0.29) is 0 Å². The lowest BCUT2D eigenvalue weighted by molar-refractivity contribution is 0.120. The van der Waals surface area contributed by atoms with Gasteiger partial charge in [-0.2, -0.15) is 0 Å². The molecule has 0 heterocycles. The van der Waals surface area contributed by atoms with Crippen LogP contribution in [0.5, 0.6) is 5.75 Å². The maximum Gasteiger partial charge on any atom is 0.118 e. The summed E-state index contributed by atoms with van der Waals surface area (Å²) in [5, 5.41) is 3.82. The van der Waals surface area contributed by atoms with Gasteiger partial charge < -0.3 is 10.1 Å². The average molecular weight is 273 g/mol. The highest BCUT2D eigenvalue weighted by molar-refractivity contribution is 5.27. The Morgan fingerprint density at radius 3 is 2.40 bits per heavy atom. The van der Waals surface area contributed by atoms with Gasteiger partial charge in [0.05, 0.1) is 7.11 Å². The lowest BCUT2D eigenvalue weighted by atomic mass is 9.69. The van der Waals surface area contributed by atoms with Crippen LogP contribution < -0.4 is 10.1 Å². The van der Waals surface area contributed by atoms with Crippen LogP contribution in [-0.2, 0) is 6.54 Å². The number of hydrogen-bond acceptors (Lipinski definition) is 2. The first-order valence-corrected chi connectivity index (χ1v) is 7.84. The molecule has 2 aliphatic carbocycles. The normalized spacial score (nSPS) is 34.4. The number of rotatable bonds is 4. The average Bonchev–Trinajstić information content (AvgIpc) is 2.78. The van der Waals surface area contributed by atoms with Crippen molar-refractivity contribution in [2.24, 2.45) is 16.7 Å². The molecule has 0 aromatic heterocycles. The van der Waals surface area contributed by atoms with Crippen LogP contribution in [0.25, 0.3) is 0 Å². The van der Waals surface area contributed by atoms with Crippen LogP contribution >= 0.6 is 0 Å². The molecule has 20 heavy (non-hydrogen) atoms. The molecule has 2 saturated carbocycles. The zero-order chi connectivity index (χ0) is 14.4. The van der Waals surface area contributed by atoms with Crippen LogP contribution in [0, 0.1) is 16.7 Å². The molecule has 2 nitrogen and oxygen atoms in total. The van der Waals surface area contributed by atoms with Crippen molar-refractivity contribution in [2.75, 3.05) is 7.11 Å². The van der Waals surface area contributed by atoms with Crippen molar-refractivity contribution in [1.29, 1.82) is 0 Å². The molecule has 0 aliphatic heterocycles. The molecule has 1 aromatic rings. The molecule has 1 aromatic carbocycles. The van der Waals surface area contributed by atoms with Gasteiger partial charge in [-0.3, -0.25) is 0 Å². The number of nitrogens with one attached hydrogen (secondary N) is 1. The first kappa shape index (κ1) is 13.9. The lowest BCUT2D eigenvalue weighted by Crippen LogP contribution is -2.44. The molecular formula is C18H27NO. The van der Waals surface area contributed by atoms with E-state index in [2.05, 4.69) is 38.2 Å². The standard InChI is InChI=1S/C18H27NO/c1-17(2)14-9-10-18(17,3)16(11-14)19-12-13-5-7-15(20-4)8-6-13/h5-8,14,16,19H,9-12H2,1-4H3/t14-,16+,18+/m0/s1. The number of hydrogen-bond donors (Lipinski definition) is 1. The van der Waals surface area contributed by atoms with Gasteiger partial charge in [-0.25, -0.2) is 0 Å². The predicted octanol–water partition coefficient (Wildman–Crippen LogP) is 4.00. The highest BCUT2D eigenvalue weighted by atomic mass is 16.5. The van der Waals surface area contributed by atoms with Crippen molar-refractivity contribution < 1.29 is 4.74 Å². The SMILES string of the molecule is COc1ccc(CN[C@@H]2C[C@@H]3CC[C@@]2(C)C3(C)C)cc1. The molecule has 3 rings (SSSR count). The van der Waals surface area contributed by atoms with Crippen molar-refractivity contribution in [3.05, 3.63) is 29.8 Å². The summed E-state index contributed by atoms with van der Waals surface area (Å²) >= 11 is 0. The van der Waals surface area contributed by atoms with Crippen molar-refractivity contribution in [3.63, 3.8) is 0 Å². The van der Waals surface area contributed by atoms with Crippen molar-refractivity contribution in [3.8, 4) is 5.75 Å². The molecule has 0 saturated heterocycles. The maximum atomic E-state index is 5.21. The molecule has 2 heteroatoms. The van der Waals surface area contributed by atoms with Crippen LogP contribution in [-0.4, -0.2) is 13.2 Å². The molecule has 2 aliphatic rings. The summed E-state index contributed by atoms with van der Waals surface area (Å²) in [6.45, 7) is 8.40. The summed E-state index contributed by atoms with van der Waals surface area (Å²) in [5.41, 5.74) is 2.30. The first-order valence-electron chi connectivity index (χ1n) is 7.84. The molecule has 2 fully saturated rings. The Morgan fingerprint density at radius 2 is 1.90 bits per heavy atom. The fourth-order valence-corrected chi connectivity index (χ4v) is 4.50. The smallest absolute Gasteiger partial charge is 0.118 e. The number of ether oxygens (including phenoxy) is 1. The van der Waals surface area contributed by atoms with Crippen LogP contribution in [0.3, 0.4) is 0 Å². The second kappa shape index (κ2) is 4.77. The topological polar surface area (TPSA) is 21.3 Å². The Labute approximate surface area is 122 Å². The van der Waals surface area contributed by atoms with E-state index in [0.717, 1.165) is 18.2 Å². The Bertz CT molecular complexity index is 479. The zero-order valence-electron chi connectivity index (χ0n) is 13.2. The van der Waals surface area contributed by atoms with Gasteiger partial charge in [-0.15, -0.1) is 0 Å². The van der Waals surface area contributed by atoms with Crippen molar-refractivity contribution in [2.45, 2.75) is 52.6 Å². The molecule has 3 atom stereocenters. The van der Waals surface area contributed by atoms with Crippen LogP contribution in [0.2, 0.25) is 0 Å². The number of fused-ring (bicyclic) bond motifs is 2. The van der Waals surface area contributed by atoms with Crippen molar-refractivity contribution in [1.82, 2.24) is 5.32 Å². The van der Waals surface area contributed by atoms with E-state index in [1.165, 1.54) is 24.8 Å².